The lowest BCUT2D eigenvalue weighted by Crippen LogP contribution is -2.36. The molecule has 1 aliphatic rings. The fourth-order valence-corrected chi connectivity index (χ4v) is 1.88. The molecular formula is C11H18N4O. The van der Waals surface area contributed by atoms with E-state index in [1.54, 1.807) is 0 Å². The highest BCUT2D eigenvalue weighted by molar-refractivity contribution is 5.81. The van der Waals surface area contributed by atoms with E-state index in [0.29, 0.717) is 0 Å². The van der Waals surface area contributed by atoms with Crippen molar-refractivity contribution in [3.8, 4) is 0 Å². The summed E-state index contributed by atoms with van der Waals surface area (Å²) in [6.45, 7) is 6.70. The van der Waals surface area contributed by atoms with E-state index in [-0.39, 0.29) is 0 Å². The normalized spacial score (nSPS) is 15.4. The van der Waals surface area contributed by atoms with E-state index < -0.39 is 0 Å². The highest BCUT2D eigenvalue weighted by atomic mass is 16.5. The van der Waals surface area contributed by atoms with E-state index in [1.165, 1.54) is 5.56 Å². The van der Waals surface area contributed by atoms with Crippen molar-refractivity contribution in [3.63, 3.8) is 0 Å². The minimum Gasteiger partial charge on any atom is -0.361 e. The number of aliphatic imine (C=N–C) groups is 1. The summed E-state index contributed by atoms with van der Waals surface area (Å²) in [7, 11) is 2.05. The number of hydrogen-bond donors (Lipinski definition) is 1. The van der Waals surface area contributed by atoms with Gasteiger partial charge in [-0.15, -0.1) is 0 Å². The van der Waals surface area contributed by atoms with Crippen LogP contribution in [0.3, 0.4) is 0 Å². The number of aromatic nitrogens is 1. The van der Waals surface area contributed by atoms with Gasteiger partial charge in [0.15, 0.2) is 5.96 Å². The molecule has 0 bridgehead atoms. The fourth-order valence-electron chi connectivity index (χ4n) is 1.88. The maximum Gasteiger partial charge on any atom is 0.193 e. The second kappa shape index (κ2) is 4.55. The van der Waals surface area contributed by atoms with Crippen LogP contribution >= 0.6 is 0 Å². The number of nitrogens with one attached hydrogen (secondary N) is 1. The Bertz CT molecular complexity index is 377. The van der Waals surface area contributed by atoms with Gasteiger partial charge < -0.3 is 14.7 Å². The Hall–Kier alpha value is -1.52. The van der Waals surface area contributed by atoms with Crippen molar-refractivity contribution in [2.75, 3.05) is 26.7 Å². The molecule has 5 nitrogen and oxygen atoms in total. The molecule has 2 heterocycles. The van der Waals surface area contributed by atoms with Crippen LogP contribution in [0.15, 0.2) is 9.52 Å². The Morgan fingerprint density at radius 3 is 2.81 bits per heavy atom. The van der Waals surface area contributed by atoms with Gasteiger partial charge in [-0.05, 0) is 20.3 Å². The van der Waals surface area contributed by atoms with E-state index in [4.69, 9.17) is 4.52 Å². The third-order valence-corrected chi connectivity index (χ3v) is 2.90. The topological polar surface area (TPSA) is 53.7 Å². The van der Waals surface area contributed by atoms with Gasteiger partial charge in [0.1, 0.15) is 5.76 Å². The summed E-state index contributed by atoms with van der Waals surface area (Å²) in [5.74, 6) is 1.91. The van der Waals surface area contributed by atoms with Crippen LogP contribution in [0.4, 0.5) is 0 Å². The SMILES string of the molecule is Cc1noc(C)c1CCNC1=NCCN1C. The summed E-state index contributed by atoms with van der Waals surface area (Å²) in [5.41, 5.74) is 2.19. The quantitative estimate of drug-likeness (QED) is 0.819. The van der Waals surface area contributed by atoms with Crippen molar-refractivity contribution in [2.45, 2.75) is 20.3 Å². The summed E-state index contributed by atoms with van der Waals surface area (Å²) < 4.78 is 5.12. The van der Waals surface area contributed by atoms with Crippen LogP contribution in [-0.4, -0.2) is 42.7 Å². The van der Waals surface area contributed by atoms with Gasteiger partial charge in [0.2, 0.25) is 0 Å². The highest BCUT2D eigenvalue weighted by Crippen LogP contribution is 2.12. The maximum atomic E-state index is 5.12. The second-order valence-corrected chi connectivity index (χ2v) is 4.11. The van der Waals surface area contributed by atoms with E-state index >= 15 is 0 Å². The van der Waals surface area contributed by atoms with Gasteiger partial charge in [-0.25, -0.2) is 0 Å². The van der Waals surface area contributed by atoms with Crippen molar-refractivity contribution in [3.05, 3.63) is 17.0 Å². The second-order valence-electron chi connectivity index (χ2n) is 4.11. The van der Waals surface area contributed by atoms with Crippen LogP contribution in [0, 0.1) is 13.8 Å². The van der Waals surface area contributed by atoms with Crippen LogP contribution < -0.4 is 5.32 Å². The van der Waals surface area contributed by atoms with E-state index in [2.05, 4.69) is 27.4 Å². The van der Waals surface area contributed by atoms with Gasteiger partial charge in [0, 0.05) is 25.7 Å². The molecule has 0 saturated carbocycles. The number of aryl methyl sites for hydroxylation is 2. The van der Waals surface area contributed by atoms with E-state index in [0.717, 1.165) is 43.5 Å². The highest BCUT2D eigenvalue weighted by Gasteiger charge is 2.12. The first-order valence-corrected chi connectivity index (χ1v) is 5.59. The third kappa shape index (κ3) is 2.18. The van der Waals surface area contributed by atoms with Gasteiger partial charge >= 0.3 is 0 Å². The molecule has 2 rings (SSSR count). The summed E-state index contributed by atoms with van der Waals surface area (Å²) in [5, 5.41) is 7.27. The average Bonchev–Trinajstić information content (AvgIpc) is 2.79. The van der Waals surface area contributed by atoms with Crippen LogP contribution in [0.5, 0.6) is 0 Å². The molecule has 1 aliphatic heterocycles. The van der Waals surface area contributed by atoms with Gasteiger partial charge in [-0.2, -0.15) is 0 Å². The molecule has 88 valence electrons. The molecule has 0 radical (unpaired) electrons. The molecule has 0 saturated heterocycles. The molecule has 0 atom stereocenters. The molecule has 0 fully saturated rings. The third-order valence-electron chi connectivity index (χ3n) is 2.90. The van der Waals surface area contributed by atoms with Gasteiger partial charge in [-0.1, -0.05) is 5.16 Å². The minimum atomic E-state index is 0.867. The zero-order chi connectivity index (χ0) is 11.5. The molecule has 0 unspecified atom stereocenters. The molecule has 5 heteroatoms. The number of rotatable bonds is 3. The molecule has 0 aliphatic carbocycles. The lowest BCUT2D eigenvalue weighted by Gasteiger charge is -2.14. The summed E-state index contributed by atoms with van der Waals surface area (Å²) in [6, 6.07) is 0. The van der Waals surface area contributed by atoms with E-state index in [9.17, 15) is 0 Å². The van der Waals surface area contributed by atoms with Crippen molar-refractivity contribution in [1.82, 2.24) is 15.4 Å². The predicted molar refractivity (Wildman–Crippen MR) is 62.6 cm³/mol. The largest absolute Gasteiger partial charge is 0.361 e. The number of guanidine groups is 1. The van der Waals surface area contributed by atoms with Crippen LogP contribution in [0.25, 0.3) is 0 Å². The monoisotopic (exact) mass is 222 g/mol. The van der Waals surface area contributed by atoms with Crippen molar-refractivity contribution in [1.29, 1.82) is 0 Å². The Balaban J connectivity index is 1.84. The first kappa shape index (κ1) is 11.0. The molecule has 0 spiro atoms. The van der Waals surface area contributed by atoms with Crippen molar-refractivity contribution < 1.29 is 4.52 Å². The van der Waals surface area contributed by atoms with Gasteiger partial charge in [0.25, 0.3) is 0 Å². The standard InChI is InChI=1S/C11H18N4O/c1-8-10(9(2)16-14-8)4-5-12-11-13-6-7-15(11)3/h4-7H2,1-3H3,(H,12,13). The van der Waals surface area contributed by atoms with Gasteiger partial charge in [-0.3, -0.25) is 4.99 Å². The lowest BCUT2D eigenvalue weighted by atomic mass is 10.1. The maximum absolute atomic E-state index is 5.12. The molecule has 1 N–H and O–H groups in total. The smallest absolute Gasteiger partial charge is 0.193 e. The molecule has 1 aromatic heterocycles. The Morgan fingerprint density at radius 2 is 2.25 bits per heavy atom. The number of hydrogen-bond acceptors (Lipinski definition) is 5. The van der Waals surface area contributed by atoms with Crippen LogP contribution in [-0.2, 0) is 6.42 Å². The lowest BCUT2D eigenvalue weighted by molar-refractivity contribution is 0.392. The predicted octanol–water partition coefficient (Wildman–Crippen LogP) is 0.725. The molecule has 16 heavy (non-hydrogen) atoms. The zero-order valence-electron chi connectivity index (χ0n) is 10.1. The number of nitrogens with zero attached hydrogens (tertiary/aromatic N) is 3. The van der Waals surface area contributed by atoms with Crippen LogP contribution in [0.1, 0.15) is 17.0 Å². The fraction of sp³-hybridized carbons (Fsp3) is 0.636. The molecular weight excluding hydrogens is 204 g/mol. The van der Waals surface area contributed by atoms with Crippen molar-refractivity contribution >= 4 is 5.96 Å². The Labute approximate surface area is 95.5 Å². The van der Waals surface area contributed by atoms with E-state index in [1.807, 2.05) is 13.8 Å². The molecule has 0 aromatic carbocycles. The molecule has 1 aromatic rings. The van der Waals surface area contributed by atoms with Gasteiger partial charge in [0.05, 0.1) is 12.2 Å². The number of likely N-dealkylation sites (N-methyl/N-ethyl adjacent to an activating group) is 1. The first-order chi connectivity index (χ1) is 7.68. The Kier molecular flexibility index (Phi) is 3.12. The van der Waals surface area contributed by atoms with Crippen LogP contribution in [0.2, 0.25) is 0 Å². The minimum absolute atomic E-state index is 0.867. The summed E-state index contributed by atoms with van der Waals surface area (Å²) in [6.07, 6.45) is 0.925. The summed E-state index contributed by atoms with van der Waals surface area (Å²) >= 11 is 0. The average molecular weight is 222 g/mol. The molecule has 0 amide bonds. The zero-order valence-corrected chi connectivity index (χ0v) is 10.1. The Morgan fingerprint density at radius 1 is 1.44 bits per heavy atom. The summed E-state index contributed by atoms with van der Waals surface area (Å²) in [4.78, 5) is 6.51. The van der Waals surface area contributed by atoms with Crippen molar-refractivity contribution in [2.24, 2.45) is 4.99 Å². The first-order valence-electron chi connectivity index (χ1n) is 5.59.